The highest BCUT2D eigenvalue weighted by Crippen LogP contribution is 2.32. The van der Waals surface area contributed by atoms with Crippen LogP contribution in [0.25, 0.3) is 0 Å². The summed E-state index contributed by atoms with van der Waals surface area (Å²) in [5.41, 5.74) is 5.05. The third kappa shape index (κ3) is 1.70. The Morgan fingerprint density at radius 1 is 0.889 bits per heavy atom. The third-order valence-corrected chi connectivity index (χ3v) is 3.41. The van der Waals surface area contributed by atoms with Crippen molar-refractivity contribution in [1.82, 2.24) is 5.01 Å². The normalized spacial score (nSPS) is 19.2. The lowest BCUT2D eigenvalue weighted by Crippen LogP contribution is -2.36. The van der Waals surface area contributed by atoms with Gasteiger partial charge in [0, 0.05) is 11.1 Å². The molecule has 0 saturated carbocycles. The van der Waals surface area contributed by atoms with Crippen molar-refractivity contribution in [2.45, 2.75) is 25.7 Å². The van der Waals surface area contributed by atoms with Crippen molar-refractivity contribution in [2.75, 3.05) is 5.43 Å². The third-order valence-electron chi connectivity index (χ3n) is 3.41. The lowest BCUT2D eigenvalue weighted by molar-refractivity contribution is -0.136. The number of hydrogen-bond acceptors (Lipinski definition) is 3. The zero-order valence-electron chi connectivity index (χ0n) is 9.98. The predicted molar refractivity (Wildman–Crippen MR) is 67.4 cm³/mol. The van der Waals surface area contributed by atoms with Crippen LogP contribution < -0.4 is 5.43 Å². The van der Waals surface area contributed by atoms with Crippen LogP contribution in [-0.4, -0.2) is 16.8 Å². The molecule has 0 unspecified atom stereocenters. The van der Waals surface area contributed by atoms with Gasteiger partial charge in [0.2, 0.25) is 0 Å². The summed E-state index contributed by atoms with van der Waals surface area (Å²) in [5.74, 6) is -0.364. The SMILES string of the molecule is O=C1C2=C(CCCC2)C(=O)N1Nc1ccccc1. The zero-order valence-corrected chi connectivity index (χ0v) is 9.98. The molecule has 4 nitrogen and oxygen atoms in total. The lowest BCUT2D eigenvalue weighted by atomic mass is 9.93. The van der Waals surface area contributed by atoms with E-state index in [4.69, 9.17) is 0 Å². The largest absolute Gasteiger partial charge is 0.288 e. The van der Waals surface area contributed by atoms with Gasteiger partial charge in [0.05, 0.1) is 5.69 Å². The molecule has 0 atom stereocenters. The molecule has 1 aliphatic heterocycles. The maximum absolute atomic E-state index is 12.1. The van der Waals surface area contributed by atoms with Gasteiger partial charge in [-0.15, -0.1) is 0 Å². The standard InChI is InChI=1S/C14H14N2O2/c17-13-11-8-4-5-9-12(11)14(18)16(13)15-10-6-2-1-3-7-10/h1-3,6-7,15H,4-5,8-9H2. The molecular weight excluding hydrogens is 228 g/mol. The fourth-order valence-electron chi connectivity index (χ4n) is 2.48. The molecular formula is C14H14N2O2. The van der Waals surface area contributed by atoms with Gasteiger partial charge in [-0.25, -0.2) is 0 Å². The highest BCUT2D eigenvalue weighted by atomic mass is 16.2. The van der Waals surface area contributed by atoms with Crippen LogP contribution >= 0.6 is 0 Å². The van der Waals surface area contributed by atoms with Crippen molar-refractivity contribution in [3.63, 3.8) is 0 Å². The first-order chi connectivity index (χ1) is 8.77. The Hall–Kier alpha value is -2.10. The van der Waals surface area contributed by atoms with Crippen molar-refractivity contribution >= 4 is 17.5 Å². The number of imide groups is 1. The fraction of sp³-hybridized carbons (Fsp3) is 0.286. The number of para-hydroxylation sites is 1. The van der Waals surface area contributed by atoms with E-state index in [0.717, 1.165) is 36.4 Å². The van der Waals surface area contributed by atoms with Crippen LogP contribution in [0.15, 0.2) is 41.5 Å². The maximum Gasteiger partial charge on any atom is 0.276 e. The van der Waals surface area contributed by atoms with Crippen LogP contribution in [0.3, 0.4) is 0 Å². The van der Waals surface area contributed by atoms with Crippen molar-refractivity contribution in [2.24, 2.45) is 0 Å². The minimum atomic E-state index is -0.182. The molecule has 3 rings (SSSR count). The van der Waals surface area contributed by atoms with Gasteiger partial charge in [-0.2, -0.15) is 5.01 Å². The number of hydrogen-bond donors (Lipinski definition) is 1. The topological polar surface area (TPSA) is 49.4 Å². The minimum absolute atomic E-state index is 0.182. The van der Waals surface area contributed by atoms with Gasteiger partial charge in [0.15, 0.2) is 0 Å². The molecule has 0 aromatic heterocycles. The summed E-state index contributed by atoms with van der Waals surface area (Å²) in [6, 6.07) is 9.28. The van der Waals surface area contributed by atoms with Gasteiger partial charge >= 0.3 is 0 Å². The number of rotatable bonds is 2. The molecule has 2 aliphatic rings. The Balaban J connectivity index is 1.84. The second-order valence-corrected chi connectivity index (χ2v) is 4.59. The van der Waals surface area contributed by atoms with Crippen molar-refractivity contribution in [3.05, 3.63) is 41.5 Å². The zero-order chi connectivity index (χ0) is 12.5. The maximum atomic E-state index is 12.1. The molecule has 0 fully saturated rings. The highest BCUT2D eigenvalue weighted by Gasteiger charge is 2.39. The van der Waals surface area contributed by atoms with Crippen LogP contribution in [0.4, 0.5) is 5.69 Å². The van der Waals surface area contributed by atoms with Crippen LogP contribution in [0.5, 0.6) is 0 Å². The number of nitrogens with one attached hydrogen (secondary N) is 1. The molecule has 0 radical (unpaired) electrons. The molecule has 1 aliphatic carbocycles. The van der Waals surface area contributed by atoms with E-state index < -0.39 is 0 Å². The van der Waals surface area contributed by atoms with Crippen molar-refractivity contribution in [3.8, 4) is 0 Å². The Morgan fingerprint density at radius 2 is 1.44 bits per heavy atom. The summed E-state index contributed by atoms with van der Waals surface area (Å²) >= 11 is 0. The molecule has 1 aromatic carbocycles. The Bertz CT molecular complexity index is 506. The first-order valence-corrected chi connectivity index (χ1v) is 6.20. The molecule has 2 amide bonds. The van der Waals surface area contributed by atoms with E-state index in [2.05, 4.69) is 5.43 Å². The van der Waals surface area contributed by atoms with Crippen LogP contribution in [0.1, 0.15) is 25.7 Å². The van der Waals surface area contributed by atoms with Gasteiger partial charge in [-0.05, 0) is 37.8 Å². The molecule has 0 saturated heterocycles. The van der Waals surface area contributed by atoms with Gasteiger partial charge in [-0.1, -0.05) is 18.2 Å². The number of carbonyl (C=O) groups excluding carboxylic acids is 2. The van der Waals surface area contributed by atoms with E-state index in [1.54, 1.807) is 0 Å². The molecule has 0 bridgehead atoms. The Morgan fingerprint density at radius 3 is 2.00 bits per heavy atom. The smallest absolute Gasteiger partial charge is 0.276 e. The molecule has 18 heavy (non-hydrogen) atoms. The van der Waals surface area contributed by atoms with E-state index in [-0.39, 0.29) is 11.8 Å². The average molecular weight is 242 g/mol. The van der Waals surface area contributed by atoms with E-state index in [1.165, 1.54) is 0 Å². The van der Waals surface area contributed by atoms with Gasteiger partial charge in [0.1, 0.15) is 0 Å². The average Bonchev–Trinajstić information content (AvgIpc) is 2.66. The van der Waals surface area contributed by atoms with Gasteiger partial charge in [0.25, 0.3) is 11.8 Å². The van der Waals surface area contributed by atoms with Crippen LogP contribution in [0.2, 0.25) is 0 Å². The highest BCUT2D eigenvalue weighted by molar-refractivity contribution is 6.20. The summed E-state index contributed by atoms with van der Waals surface area (Å²) in [4.78, 5) is 24.3. The summed E-state index contributed by atoms with van der Waals surface area (Å²) in [5, 5.41) is 1.14. The number of benzene rings is 1. The number of nitrogens with zero attached hydrogens (tertiary/aromatic N) is 1. The summed E-state index contributed by atoms with van der Waals surface area (Å²) in [7, 11) is 0. The molecule has 1 aromatic rings. The van der Waals surface area contributed by atoms with Gasteiger partial charge in [-0.3, -0.25) is 15.0 Å². The summed E-state index contributed by atoms with van der Waals surface area (Å²) in [6.45, 7) is 0. The van der Waals surface area contributed by atoms with E-state index in [9.17, 15) is 9.59 Å². The van der Waals surface area contributed by atoms with E-state index >= 15 is 0 Å². The quantitative estimate of drug-likeness (QED) is 0.809. The number of hydrazine groups is 1. The number of carbonyl (C=O) groups is 2. The number of anilines is 1. The molecule has 0 spiro atoms. The molecule has 1 N–H and O–H groups in total. The van der Waals surface area contributed by atoms with Crippen molar-refractivity contribution in [1.29, 1.82) is 0 Å². The second kappa shape index (κ2) is 4.29. The van der Waals surface area contributed by atoms with E-state index in [1.807, 2.05) is 30.3 Å². The first kappa shape index (κ1) is 11.0. The summed E-state index contributed by atoms with van der Waals surface area (Å²) < 4.78 is 0. The molecule has 4 heteroatoms. The van der Waals surface area contributed by atoms with Crippen LogP contribution in [0, 0.1) is 0 Å². The molecule has 92 valence electrons. The van der Waals surface area contributed by atoms with Crippen LogP contribution in [-0.2, 0) is 9.59 Å². The Kier molecular flexibility index (Phi) is 2.63. The minimum Gasteiger partial charge on any atom is -0.288 e. The number of amides is 2. The summed E-state index contributed by atoms with van der Waals surface area (Å²) in [6.07, 6.45) is 3.45. The van der Waals surface area contributed by atoms with E-state index in [0.29, 0.717) is 11.1 Å². The first-order valence-electron chi connectivity index (χ1n) is 6.20. The Labute approximate surface area is 105 Å². The van der Waals surface area contributed by atoms with Gasteiger partial charge < -0.3 is 0 Å². The second-order valence-electron chi connectivity index (χ2n) is 4.59. The van der Waals surface area contributed by atoms with Crippen molar-refractivity contribution < 1.29 is 9.59 Å². The predicted octanol–water partition coefficient (Wildman–Crippen LogP) is 2.25. The molecule has 1 heterocycles. The monoisotopic (exact) mass is 242 g/mol. The fourth-order valence-corrected chi connectivity index (χ4v) is 2.48. The lowest BCUT2D eigenvalue weighted by Gasteiger charge is -2.17.